The van der Waals surface area contributed by atoms with Crippen molar-refractivity contribution < 1.29 is 4.79 Å². The minimum atomic E-state index is -0.292. The van der Waals surface area contributed by atoms with Crippen molar-refractivity contribution in [3.8, 4) is 16.9 Å². The van der Waals surface area contributed by atoms with Crippen LogP contribution < -0.4 is 5.32 Å². The second-order valence-corrected chi connectivity index (χ2v) is 6.70. The highest BCUT2D eigenvalue weighted by atomic mass is 16.2. The predicted molar refractivity (Wildman–Crippen MR) is 105 cm³/mol. The largest absolute Gasteiger partial charge is 0.328 e. The van der Waals surface area contributed by atoms with Crippen LogP contribution in [0.25, 0.3) is 16.9 Å². The lowest BCUT2D eigenvalue weighted by Crippen LogP contribution is -2.13. The number of amides is 1. The molecule has 0 radical (unpaired) electrons. The number of hydrogen-bond acceptors (Lipinski definition) is 4. The number of para-hydroxylation sites is 1. The monoisotopic (exact) mass is 370 g/mol. The van der Waals surface area contributed by atoms with Crippen LogP contribution in [0.15, 0.2) is 67.0 Å². The van der Waals surface area contributed by atoms with Crippen LogP contribution in [0.1, 0.15) is 22.7 Å². The van der Waals surface area contributed by atoms with Crippen LogP contribution in [-0.2, 0) is 13.0 Å². The minimum absolute atomic E-state index is 0.265. The number of carbonyl (C=O) groups is 1. The Labute approximate surface area is 161 Å². The van der Waals surface area contributed by atoms with Crippen molar-refractivity contribution in [1.29, 1.82) is 0 Å². The normalized spacial score (nSPS) is 12.7. The summed E-state index contributed by atoms with van der Waals surface area (Å²) in [5.74, 6) is 0.856. The lowest BCUT2D eigenvalue weighted by atomic mass is 10.1. The van der Waals surface area contributed by atoms with Crippen LogP contribution in [0.4, 0.5) is 5.69 Å². The number of nitrogens with one attached hydrogen (secondary N) is 1. The molecule has 2 aromatic heterocycles. The number of benzene rings is 2. The highest BCUT2D eigenvalue weighted by molar-refractivity contribution is 6.02. The van der Waals surface area contributed by atoms with E-state index in [0.717, 1.165) is 42.2 Å². The Morgan fingerprint density at radius 1 is 1.00 bits per heavy atom. The summed E-state index contributed by atoms with van der Waals surface area (Å²) in [6, 6.07) is 17.3. The molecule has 4 aromatic rings. The first-order valence-electron chi connectivity index (χ1n) is 9.22. The SMILES string of the molecule is O=C(Nc1ccc(-c2cnc3n2CCC3)cc1)c1cnn(-c2ccccc2)n1. The van der Waals surface area contributed by atoms with Gasteiger partial charge in [0.1, 0.15) is 5.82 Å². The molecule has 138 valence electrons. The predicted octanol–water partition coefficient (Wildman–Crippen LogP) is 3.33. The summed E-state index contributed by atoms with van der Waals surface area (Å²) in [7, 11) is 0. The van der Waals surface area contributed by atoms with E-state index >= 15 is 0 Å². The Kier molecular flexibility index (Phi) is 3.97. The van der Waals surface area contributed by atoms with E-state index in [4.69, 9.17) is 0 Å². The molecule has 0 saturated heterocycles. The zero-order chi connectivity index (χ0) is 18.9. The van der Waals surface area contributed by atoms with E-state index < -0.39 is 0 Å². The van der Waals surface area contributed by atoms with Crippen LogP contribution in [0.3, 0.4) is 0 Å². The maximum absolute atomic E-state index is 12.5. The summed E-state index contributed by atoms with van der Waals surface area (Å²) < 4.78 is 2.26. The molecule has 0 bridgehead atoms. The molecule has 2 aromatic carbocycles. The first-order valence-corrected chi connectivity index (χ1v) is 9.22. The third kappa shape index (κ3) is 2.96. The fourth-order valence-corrected chi connectivity index (χ4v) is 3.46. The van der Waals surface area contributed by atoms with Crippen molar-refractivity contribution in [1.82, 2.24) is 24.5 Å². The molecule has 7 heteroatoms. The van der Waals surface area contributed by atoms with Gasteiger partial charge in [-0.25, -0.2) is 4.98 Å². The average Bonchev–Trinajstić information content (AvgIpc) is 3.46. The van der Waals surface area contributed by atoms with E-state index in [1.54, 1.807) is 0 Å². The second-order valence-electron chi connectivity index (χ2n) is 6.70. The highest BCUT2D eigenvalue weighted by Crippen LogP contribution is 2.26. The van der Waals surface area contributed by atoms with Crippen LogP contribution in [0.2, 0.25) is 0 Å². The molecule has 0 fully saturated rings. The van der Waals surface area contributed by atoms with Crippen molar-refractivity contribution in [3.05, 3.63) is 78.5 Å². The van der Waals surface area contributed by atoms with Crippen LogP contribution in [0.5, 0.6) is 0 Å². The molecule has 1 amide bonds. The van der Waals surface area contributed by atoms with Gasteiger partial charge in [-0.15, -0.1) is 5.10 Å². The van der Waals surface area contributed by atoms with E-state index in [1.165, 1.54) is 11.0 Å². The van der Waals surface area contributed by atoms with E-state index in [2.05, 4.69) is 25.1 Å². The summed E-state index contributed by atoms with van der Waals surface area (Å²) >= 11 is 0. The van der Waals surface area contributed by atoms with Crippen LogP contribution >= 0.6 is 0 Å². The number of hydrogen-bond donors (Lipinski definition) is 1. The molecule has 0 aliphatic carbocycles. The second kappa shape index (κ2) is 6.77. The average molecular weight is 370 g/mol. The van der Waals surface area contributed by atoms with Gasteiger partial charge in [0.25, 0.3) is 5.91 Å². The number of fused-ring (bicyclic) bond motifs is 1. The molecule has 5 rings (SSSR count). The third-order valence-electron chi connectivity index (χ3n) is 4.87. The molecule has 3 heterocycles. The summed E-state index contributed by atoms with van der Waals surface area (Å²) in [5.41, 5.74) is 4.00. The van der Waals surface area contributed by atoms with Crippen molar-refractivity contribution in [2.75, 3.05) is 5.32 Å². The van der Waals surface area contributed by atoms with E-state index in [9.17, 15) is 4.79 Å². The number of rotatable bonds is 4. The van der Waals surface area contributed by atoms with Crippen molar-refractivity contribution in [2.45, 2.75) is 19.4 Å². The number of anilines is 1. The van der Waals surface area contributed by atoms with Gasteiger partial charge < -0.3 is 9.88 Å². The molecule has 0 saturated carbocycles. The van der Waals surface area contributed by atoms with Gasteiger partial charge in [-0.05, 0) is 36.2 Å². The number of carbonyl (C=O) groups excluding carboxylic acids is 1. The smallest absolute Gasteiger partial charge is 0.277 e. The first kappa shape index (κ1) is 16.4. The summed E-state index contributed by atoms with van der Waals surface area (Å²) in [6.45, 7) is 1.01. The maximum Gasteiger partial charge on any atom is 0.277 e. The van der Waals surface area contributed by atoms with E-state index in [0.29, 0.717) is 5.69 Å². The molecule has 1 N–H and O–H groups in total. The summed E-state index contributed by atoms with van der Waals surface area (Å²) in [4.78, 5) is 18.4. The minimum Gasteiger partial charge on any atom is -0.328 e. The zero-order valence-electron chi connectivity index (χ0n) is 15.1. The number of aryl methyl sites for hydroxylation is 1. The van der Waals surface area contributed by atoms with E-state index in [-0.39, 0.29) is 11.6 Å². The Hall–Kier alpha value is -3.74. The molecule has 1 aliphatic heterocycles. The molecule has 0 unspecified atom stereocenters. The molecule has 0 atom stereocenters. The Balaban J connectivity index is 1.31. The van der Waals surface area contributed by atoms with Gasteiger partial charge in [-0.1, -0.05) is 30.3 Å². The van der Waals surface area contributed by atoms with Crippen molar-refractivity contribution >= 4 is 11.6 Å². The number of imidazole rings is 1. The highest BCUT2D eigenvalue weighted by Gasteiger charge is 2.17. The molecule has 1 aliphatic rings. The maximum atomic E-state index is 12.5. The van der Waals surface area contributed by atoms with Gasteiger partial charge in [-0.3, -0.25) is 4.79 Å². The van der Waals surface area contributed by atoms with Crippen LogP contribution in [-0.4, -0.2) is 30.5 Å². The third-order valence-corrected chi connectivity index (χ3v) is 4.87. The Morgan fingerprint density at radius 3 is 2.64 bits per heavy atom. The zero-order valence-corrected chi connectivity index (χ0v) is 15.1. The first-order chi connectivity index (χ1) is 13.8. The van der Waals surface area contributed by atoms with E-state index in [1.807, 2.05) is 60.8 Å². The Bertz CT molecular complexity index is 1130. The van der Waals surface area contributed by atoms with Crippen LogP contribution in [0, 0.1) is 0 Å². The topological polar surface area (TPSA) is 77.6 Å². The van der Waals surface area contributed by atoms with Gasteiger partial charge in [0, 0.05) is 18.7 Å². The lowest BCUT2D eigenvalue weighted by molar-refractivity contribution is 0.102. The van der Waals surface area contributed by atoms with Crippen molar-refractivity contribution in [2.24, 2.45) is 0 Å². The fraction of sp³-hybridized carbons (Fsp3) is 0.143. The fourth-order valence-electron chi connectivity index (χ4n) is 3.46. The molecular weight excluding hydrogens is 352 g/mol. The Morgan fingerprint density at radius 2 is 1.82 bits per heavy atom. The summed E-state index contributed by atoms with van der Waals surface area (Å²) in [6.07, 6.45) is 5.57. The van der Waals surface area contributed by atoms with Gasteiger partial charge in [0.05, 0.1) is 23.8 Å². The molecule has 0 spiro atoms. The number of aromatic nitrogens is 5. The van der Waals surface area contributed by atoms with Gasteiger partial charge in [0.15, 0.2) is 5.69 Å². The molecule has 7 nitrogen and oxygen atoms in total. The van der Waals surface area contributed by atoms with Gasteiger partial charge in [0.2, 0.25) is 0 Å². The van der Waals surface area contributed by atoms with Gasteiger partial charge in [-0.2, -0.15) is 9.90 Å². The lowest BCUT2D eigenvalue weighted by Gasteiger charge is -2.07. The molecule has 28 heavy (non-hydrogen) atoms. The summed E-state index contributed by atoms with van der Waals surface area (Å²) in [5, 5.41) is 11.3. The quantitative estimate of drug-likeness (QED) is 0.598. The number of nitrogens with zero attached hydrogens (tertiary/aromatic N) is 5. The van der Waals surface area contributed by atoms with Crippen molar-refractivity contribution in [3.63, 3.8) is 0 Å². The van der Waals surface area contributed by atoms with Gasteiger partial charge >= 0.3 is 0 Å². The molecular formula is C21H18N6O. The standard InChI is InChI=1S/C21H18N6O/c28-21(18-13-23-27(25-18)17-5-2-1-3-6-17)24-16-10-8-15(9-11-16)19-14-22-20-7-4-12-26(19)20/h1-3,5-6,8-11,13-14H,4,7,12H2,(H,24,28).